The SMILES string of the molecule is N#Cc1ccc(S(=O)(=O)CCc2cccc(CN(Cc3ccc(-c4ccccc4)cc3)S(=O)(=O)c3cc(Cl)cc(Cl)c3O)c2)cc1. The third-order valence-electron chi connectivity index (χ3n) is 7.38. The average Bonchev–Trinajstić information content (AvgIpc) is 3.06. The van der Waals surface area contributed by atoms with Crippen LogP contribution in [0.5, 0.6) is 5.75 Å². The first kappa shape index (κ1) is 33.2. The second-order valence-corrected chi connectivity index (χ2v) is 15.5. The number of sulfonamides is 1. The number of hydrogen-bond donors (Lipinski definition) is 1. The van der Waals surface area contributed by atoms with Gasteiger partial charge in [-0.1, -0.05) is 102 Å². The molecule has 5 rings (SSSR count). The second-order valence-electron chi connectivity index (χ2n) is 10.6. The van der Waals surface area contributed by atoms with Gasteiger partial charge in [0.2, 0.25) is 10.0 Å². The Labute approximate surface area is 278 Å². The van der Waals surface area contributed by atoms with Crippen molar-refractivity contribution in [2.75, 3.05) is 5.75 Å². The van der Waals surface area contributed by atoms with Crippen LogP contribution in [0.15, 0.2) is 125 Å². The van der Waals surface area contributed by atoms with E-state index >= 15 is 0 Å². The van der Waals surface area contributed by atoms with Crippen LogP contribution in [-0.4, -0.2) is 32.0 Å². The van der Waals surface area contributed by atoms with Gasteiger partial charge in [-0.15, -0.1) is 0 Å². The van der Waals surface area contributed by atoms with Crippen LogP contribution in [-0.2, 0) is 39.4 Å². The summed E-state index contributed by atoms with van der Waals surface area (Å²) in [4.78, 5) is -0.297. The maximum atomic E-state index is 14.0. The molecule has 0 spiro atoms. The Bertz CT molecular complexity index is 2120. The topological polar surface area (TPSA) is 116 Å². The van der Waals surface area contributed by atoms with Crippen LogP contribution in [0.4, 0.5) is 0 Å². The molecule has 1 N–H and O–H groups in total. The molecule has 0 atom stereocenters. The number of halogens is 2. The van der Waals surface area contributed by atoms with Crippen molar-refractivity contribution in [3.63, 3.8) is 0 Å². The van der Waals surface area contributed by atoms with Gasteiger partial charge in [-0.2, -0.15) is 9.57 Å². The minimum Gasteiger partial charge on any atom is -0.505 e. The van der Waals surface area contributed by atoms with E-state index in [-0.39, 0.29) is 40.2 Å². The highest BCUT2D eigenvalue weighted by molar-refractivity contribution is 7.91. The molecular weight excluding hydrogens is 663 g/mol. The van der Waals surface area contributed by atoms with Crippen LogP contribution in [0.2, 0.25) is 10.0 Å². The zero-order chi connectivity index (χ0) is 32.9. The van der Waals surface area contributed by atoms with Gasteiger partial charge in [0.1, 0.15) is 4.90 Å². The van der Waals surface area contributed by atoms with Gasteiger partial charge in [-0.25, -0.2) is 16.8 Å². The highest BCUT2D eigenvalue weighted by Gasteiger charge is 2.29. The third kappa shape index (κ3) is 7.79. The molecule has 0 aliphatic rings. The lowest BCUT2D eigenvalue weighted by Crippen LogP contribution is -2.30. The van der Waals surface area contributed by atoms with Gasteiger partial charge in [0.05, 0.1) is 27.3 Å². The number of hydrogen-bond acceptors (Lipinski definition) is 6. The lowest BCUT2D eigenvalue weighted by molar-refractivity contribution is 0.394. The average molecular weight is 692 g/mol. The van der Waals surface area contributed by atoms with Gasteiger partial charge in [0.15, 0.2) is 15.6 Å². The Morgan fingerprint density at radius 1 is 0.696 bits per heavy atom. The summed E-state index contributed by atoms with van der Waals surface area (Å²) in [5, 5.41) is 19.5. The highest BCUT2D eigenvalue weighted by atomic mass is 35.5. The van der Waals surface area contributed by atoms with Crippen LogP contribution in [0, 0.1) is 11.3 Å². The first-order valence-corrected chi connectivity index (χ1v) is 17.9. The van der Waals surface area contributed by atoms with E-state index in [0.717, 1.165) is 17.2 Å². The first-order chi connectivity index (χ1) is 22.0. The molecule has 0 bridgehead atoms. The molecule has 234 valence electrons. The van der Waals surface area contributed by atoms with Gasteiger partial charge in [0.25, 0.3) is 0 Å². The summed E-state index contributed by atoms with van der Waals surface area (Å²) in [5.74, 6) is -0.773. The van der Waals surface area contributed by atoms with E-state index in [9.17, 15) is 21.9 Å². The Kier molecular flexibility index (Phi) is 10.2. The van der Waals surface area contributed by atoms with Gasteiger partial charge in [-0.05, 0) is 70.6 Å². The number of nitrogens with zero attached hydrogens (tertiary/aromatic N) is 2. The molecule has 0 radical (unpaired) electrons. The minimum atomic E-state index is -4.33. The molecule has 0 aromatic heterocycles. The van der Waals surface area contributed by atoms with Gasteiger partial charge < -0.3 is 5.11 Å². The molecule has 5 aromatic carbocycles. The van der Waals surface area contributed by atoms with Crippen LogP contribution < -0.4 is 0 Å². The number of sulfone groups is 1. The predicted molar refractivity (Wildman–Crippen MR) is 180 cm³/mol. The van der Waals surface area contributed by atoms with Gasteiger partial charge >= 0.3 is 0 Å². The number of phenols is 1. The van der Waals surface area contributed by atoms with E-state index < -0.39 is 30.5 Å². The maximum absolute atomic E-state index is 14.0. The maximum Gasteiger partial charge on any atom is 0.247 e. The Hall–Kier alpha value is -4.17. The largest absolute Gasteiger partial charge is 0.505 e. The standard InChI is InChI=1S/C35H28Cl2N2O5S2/c36-31-20-33(37)35(40)34(21-31)46(43,44)39(23-27-9-13-30(14-10-27)29-7-2-1-3-8-29)24-28-6-4-5-25(19-28)17-18-45(41,42)32-15-11-26(22-38)12-16-32/h1-16,19-21,40H,17-18,23-24H2. The number of aromatic hydroxyl groups is 1. The van der Waals surface area contributed by atoms with Crippen molar-refractivity contribution in [2.45, 2.75) is 29.3 Å². The number of benzene rings is 5. The summed E-state index contributed by atoms with van der Waals surface area (Å²) in [5.41, 5.74) is 4.39. The van der Waals surface area contributed by atoms with Crippen molar-refractivity contribution in [3.05, 3.63) is 148 Å². The Morgan fingerprint density at radius 3 is 2.00 bits per heavy atom. The summed E-state index contributed by atoms with van der Waals surface area (Å²) >= 11 is 12.2. The molecule has 0 saturated carbocycles. The van der Waals surface area contributed by atoms with Crippen molar-refractivity contribution >= 4 is 43.1 Å². The zero-order valence-electron chi connectivity index (χ0n) is 24.3. The molecule has 11 heteroatoms. The lowest BCUT2D eigenvalue weighted by atomic mass is 10.0. The van der Waals surface area contributed by atoms with E-state index in [1.165, 1.54) is 34.6 Å². The van der Waals surface area contributed by atoms with Crippen LogP contribution in [0.25, 0.3) is 11.1 Å². The quantitative estimate of drug-likeness (QED) is 0.152. The number of phenolic OH excluding ortho intramolecular Hbond substituents is 1. The fourth-order valence-electron chi connectivity index (χ4n) is 4.93. The van der Waals surface area contributed by atoms with E-state index in [1.807, 2.05) is 60.7 Å². The van der Waals surface area contributed by atoms with Crippen LogP contribution in [0.3, 0.4) is 0 Å². The van der Waals surface area contributed by atoms with E-state index in [0.29, 0.717) is 22.3 Å². The fourth-order valence-corrected chi connectivity index (χ4v) is 8.39. The van der Waals surface area contributed by atoms with E-state index in [2.05, 4.69) is 0 Å². The van der Waals surface area contributed by atoms with Crippen LogP contribution >= 0.6 is 23.2 Å². The van der Waals surface area contributed by atoms with Crippen molar-refractivity contribution in [1.29, 1.82) is 5.26 Å². The molecule has 0 heterocycles. The lowest BCUT2D eigenvalue weighted by Gasteiger charge is -2.24. The summed E-state index contributed by atoms with van der Waals surface area (Å²) in [6.45, 7) is -0.110. The first-order valence-electron chi connectivity index (χ1n) is 14.1. The Balaban J connectivity index is 1.42. The molecule has 0 unspecified atom stereocenters. The Morgan fingerprint density at radius 2 is 1.33 bits per heavy atom. The van der Waals surface area contributed by atoms with Crippen molar-refractivity contribution in [1.82, 2.24) is 4.31 Å². The summed E-state index contributed by atoms with van der Waals surface area (Å²) in [6.07, 6.45) is 0.189. The molecule has 5 aromatic rings. The van der Waals surface area contributed by atoms with Crippen molar-refractivity contribution in [3.8, 4) is 22.9 Å². The van der Waals surface area contributed by atoms with Gasteiger partial charge in [-0.3, -0.25) is 0 Å². The fraction of sp³-hybridized carbons (Fsp3) is 0.114. The number of nitriles is 1. The van der Waals surface area contributed by atoms with E-state index in [1.54, 1.807) is 24.3 Å². The number of aryl methyl sites for hydroxylation is 1. The summed E-state index contributed by atoms with van der Waals surface area (Å²) in [6, 6.07) is 34.5. The van der Waals surface area contributed by atoms with Crippen molar-refractivity contribution in [2.24, 2.45) is 0 Å². The molecule has 7 nitrogen and oxygen atoms in total. The smallest absolute Gasteiger partial charge is 0.247 e. The molecular formula is C35H28Cl2N2O5S2. The molecule has 0 amide bonds. The van der Waals surface area contributed by atoms with Gasteiger partial charge in [0, 0.05) is 18.1 Å². The molecule has 0 fully saturated rings. The molecule has 0 aliphatic carbocycles. The molecule has 0 aliphatic heterocycles. The molecule has 46 heavy (non-hydrogen) atoms. The summed E-state index contributed by atoms with van der Waals surface area (Å²) in [7, 11) is -7.95. The predicted octanol–water partition coefficient (Wildman–Crippen LogP) is 7.65. The van der Waals surface area contributed by atoms with Crippen LogP contribution in [0.1, 0.15) is 22.3 Å². The summed E-state index contributed by atoms with van der Waals surface area (Å²) < 4.78 is 55.2. The van der Waals surface area contributed by atoms with Crippen molar-refractivity contribution < 1.29 is 21.9 Å². The number of rotatable bonds is 11. The monoisotopic (exact) mass is 690 g/mol. The third-order valence-corrected chi connectivity index (χ3v) is 11.4. The minimum absolute atomic E-state index is 0.0295. The normalized spacial score (nSPS) is 11.8. The van der Waals surface area contributed by atoms with E-state index in [4.69, 9.17) is 28.5 Å². The second kappa shape index (κ2) is 14.1. The molecule has 0 saturated heterocycles. The zero-order valence-corrected chi connectivity index (χ0v) is 27.5. The highest BCUT2D eigenvalue weighted by Crippen LogP contribution is 2.37.